The zero-order valence-corrected chi connectivity index (χ0v) is 12.4. The van der Waals surface area contributed by atoms with Gasteiger partial charge in [0.05, 0.1) is 0 Å². The molecule has 0 aromatic rings. The second kappa shape index (κ2) is 8.83. The van der Waals surface area contributed by atoms with E-state index in [1.165, 1.54) is 31.2 Å². The van der Waals surface area contributed by atoms with Crippen LogP contribution in [0, 0.1) is 5.92 Å². The van der Waals surface area contributed by atoms with Crippen LogP contribution in [0.5, 0.6) is 0 Å². The van der Waals surface area contributed by atoms with Crippen LogP contribution >= 0.6 is 11.6 Å². The summed E-state index contributed by atoms with van der Waals surface area (Å²) >= 11 is 5.74. The molecule has 0 spiro atoms. The van der Waals surface area contributed by atoms with Crippen LogP contribution in [0.15, 0.2) is 23.7 Å². The van der Waals surface area contributed by atoms with E-state index in [2.05, 4.69) is 18.2 Å². The molecule has 106 valence electrons. The first-order valence-corrected chi connectivity index (χ1v) is 8.11. The zero-order valence-electron chi connectivity index (χ0n) is 11.7. The van der Waals surface area contributed by atoms with Crippen LogP contribution < -0.4 is 0 Å². The van der Waals surface area contributed by atoms with Crippen LogP contribution in [-0.2, 0) is 9.31 Å². The van der Waals surface area contributed by atoms with Gasteiger partial charge in [-0.2, -0.15) is 0 Å². The lowest BCUT2D eigenvalue weighted by Crippen LogP contribution is -2.31. The van der Waals surface area contributed by atoms with Crippen LogP contribution in [0.4, 0.5) is 0 Å². The van der Waals surface area contributed by atoms with E-state index in [9.17, 15) is 0 Å². The average Bonchev–Trinajstić information content (AvgIpc) is 2.97. The van der Waals surface area contributed by atoms with Gasteiger partial charge in [-0.05, 0) is 43.5 Å². The van der Waals surface area contributed by atoms with Gasteiger partial charge in [0.1, 0.15) is 0 Å². The number of hydrogen-bond donors (Lipinski definition) is 0. The molecule has 19 heavy (non-hydrogen) atoms. The maximum atomic E-state index is 5.74. The predicted molar refractivity (Wildman–Crippen MR) is 81.4 cm³/mol. The average molecular weight is 283 g/mol. The monoisotopic (exact) mass is 282 g/mol. The van der Waals surface area contributed by atoms with Crippen molar-refractivity contribution in [2.45, 2.75) is 44.9 Å². The summed E-state index contributed by atoms with van der Waals surface area (Å²) in [6, 6.07) is 0. The van der Waals surface area contributed by atoms with Gasteiger partial charge in [-0.3, -0.25) is 0 Å². The van der Waals surface area contributed by atoms with Crippen molar-refractivity contribution in [2.24, 2.45) is 5.92 Å². The van der Waals surface area contributed by atoms with Crippen molar-refractivity contribution < 1.29 is 9.31 Å². The Morgan fingerprint density at radius 1 is 1.16 bits per heavy atom. The lowest BCUT2D eigenvalue weighted by atomic mass is 9.75. The summed E-state index contributed by atoms with van der Waals surface area (Å²) in [7, 11) is -0.165. The van der Waals surface area contributed by atoms with Crippen molar-refractivity contribution in [3.05, 3.63) is 23.7 Å². The minimum Gasteiger partial charge on any atom is -0.407 e. The molecule has 2 aliphatic rings. The van der Waals surface area contributed by atoms with E-state index >= 15 is 0 Å². The van der Waals surface area contributed by atoms with Gasteiger partial charge in [0.25, 0.3) is 0 Å². The van der Waals surface area contributed by atoms with Gasteiger partial charge >= 0.3 is 7.12 Å². The van der Waals surface area contributed by atoms with Crippen molar-refractivity contribution in [1.29, 1.82) is 0 Å². The van der Waals surface area contributed by atoms with Crippen molar-refractivity contribution >= 4 is 18.7 Å². The molecular formula is C15H24BClO2. The molecule has 0 unspecified atom stereocenters. The van der Waals surface area contributed by atoms with Gasteiger partial charge in [-0.25, -0.2) is 0 Å². The van der Waals surface area contributed by atoms with Gasteiger partial charge in [-0.15, -0.1) is 11.6 Å². The number of halogens is 1. The molecule has 0 aromatic carbocycles. The predicted octanol–water partition coefficient (Wildman–Crippen LogP) is 4.14. The minimum atomic E-state index is -0.165. The Balaban J connectivity index is 1.93. The summed E-state index contributed by atoms with van der Waals surface area (Å²) in [5.74, 6) is 1.46. The highest BCUT2D eigenvalue weighted by Crippen LogP contribution is 2.26. The molecule has 1 aliphatic heterocycles. The second-order valence-electron chi connectivity index (χ2n) is 5.37. The fourth-order valence-corrected chi connectivity index (χ4v) is 2.82. The Morgan fingerprint density at radius 3 is 2.58 bits per heavy atom. The van der Waals surface area contributed by atoms with Crippen molar-refractivity contribution in [3.8, 4) is 0 Å². The number of allylic oxidation sites excluding steroid dienone is 4. The van der Waals surface area contributed by atoms with E-state index in [1.54, 1.807) is 0 Å². The minimum absolute atomic E-state index is 0.165. The first-order chi connectivity index (χ1) is 9.40. The molecule has 1 heterocycles. The smallest absolute Gasteiger partial charge is 0.407 e. The molecule has 2 rings (SSSR count). The normalized spacial score (nSPS) is 22.6. The first kappa shape index (κ1) is 15.1. The Labute approximate surface area is 122 Å². The van der Waals surface area contributed by atoms with Crippen LogP contribution in [0.2, 0.25) is 0 Å². The summed E-state index contributed by atoms with van der Waals surface area (Å²) in [4.78, 5) is 0. The molecule has 0 amide bonds. The van der Waals surface area contributed by atoms with Gasteiger partial charge < -0.3 is 9.31 Å². The summed E-state index contributed by atoms with van der Waals surface area (Å²) in [6.07, 6.45) is 15.2. The Hall–Kier alpha value is -0.245. The fourth-order valence-electron chi connectivity index (χ4n) is 2.67. The van der Waals surface area contributed by atoms with E-state index in [0.29, 0.717) is 5.88 Å². The number of unbranched alkanes of at least 4 members (excludes halogenated alkanes) is 1. The SMILES string of the molecule is ClCCC/C=C(/C=C/C1CCCC1)B1OCCCO1. The van der Waals surface area contributed by atoms with E-state index in [-0.39, 0.29) is 7.12 Å². The quantitative estimate of drug-likeness (QED) is 0.315. The Bertz CT molecular complexity index is 305. The molecule has 0 N–H and O–H groups in total. The second-order valence-corrected chi connectivity index (χ2v) is 5.74. The van der Waals surface area contributed by atoms with E-state index < -0.39 is 0 Å². The molecule has 2 nitrogen and oxygen atoms in total. The lowest BCUT2D eigenvalue weighted by molar-refractivity contribution is 0.140. The lowest BCUT2D eigenvalue weighted by Gasteiger charge is -2.21. The van der Waals surface area contributed by atoms with Gasteiger partial charge in [0.15, 0.2) is 0 Å². The summed E-state index contributed by atoms with van der Waals surface area (Å²) < 4.78 is 11.4. The maximum Gasteiger partial charge on any atom is 0.493 e. The van der Waals surface area contributed by atoms with E-state index in [1.807, 2.05) is 0 Å². The molecule has 4 heteroatoms. The van der Waals surface area contributed by atoms with Gasteiger partial charge in [-0.1, -0.05) is 31.1 Å². The highest BCUT2D eigenvalue weighted by atomic mass is 35.5. The highest BCUT2D eigenvalue weighted by molar-refractivity contribution is 6.54. The fraction of sp³-hybridized carbons (Fsp3) is 0.733. The van der Waals surface area contributed by atoms with Crippen LogP contribution in [0.25, 0.3) is 0 Å². The summed E-state index contributed by atoms with van der Waals surface area (Å²) in [6.45, 7) is 1.60. The number of hydrogen-bond acceptors (Lipinski definition) is 2. The third kappa shape index (κ3) is 5.33. The largest absolute Gasteiger partial charge is 0.493 e. The van der Waals surface area contributed by atoms with Crippen LogP contribution in [0.3, 0.4) is 0 Å². The topological polar surface area (TPSA) is 18.5 Å². The summed E-state index contributed by atoms with van der Waals surface area (Å²) in [5.41, 5.74) is 1.18. The molecule has 0 aromatic heterocycles. The first-order valence-electron chi connectivity index (χ1n) is 7.57. The zero-order chi connectivity index (χ0) is 13.3. The van der Waals surface area contributed by atoms with Gasteiger partial charge in [0.2, 0.25) is 0 Å². The number of rotatable bonds is 6. The standard InChI is InChI=1S/C15H24BClO2/c17-11-4-3-8-15(16-18-12-5-13-19-16)10-9-14-6-1-2-7-14/h8-10,14H,1-7,11-13H2/b10-9+,15-8-. The van der Waals surface area contributed by atoms with Crippen molar-refractivity contribution in [2.75, 3.05) is 19.1 Å². The van der Waals surface area contributed by atoms with Gasteiger partial charge in [0, 0.05) is 19.1 Å². The number of alkyl halides is 1. The molecule has 0 bridgehead atoms. The van der Waals surface area contributed by atoms with Crippen LogP contribution in [0.1, 0.15) is 44.9 Å². The molecule has 1 aliphatic carbocycles. The Kier molecular flexibility index (Phi) is 7.04. The third-order valence-corrected chi connectivity index (χ3v) is 4.05. The molecular weight excluding hydrogens is 258 g/mol. The molecule has 0 atom stereocenters. The highest BCUT2D eigenvalue weighted by Gasteiger charge is 2.25. The van der Waals surface area contributed by atoms with Crippen LogP contribution in [-0.4, -0.2) is 26.2 Å². The van der Waals surface area contributed by atoms with E-state index in [0.717, 1.165) is 38.4 Å². The molecule has 1 saturated heterocycles. The third-order valence-electron chi connectivity index (χ3n) is 3.78. The molecule has 2 fully saturated rings. The summed E-state index contributed by atoms with van der Waals surface area (Å²) in [5, 5.41) is 0. The van der Waals surface area contributed by atoms with Crippen molar-refractivity contribution in [1.82, 2.24) is 0 Å². The van der Waals surface area contributed by atoms with E-state index in [4.69, 9.17) is 20.9 Å². The molecule has 1 saturated carbocycles. The molecule has 0 radical (unpaired) electrons. The maximum absolute atomic E-state index is 5.74. The Morgan fingerprint density at radius 2 is 1.89 bits per heavy atom. The van der Waals surface area contributed by atoms with Crippen molar-refractivity contribution in [3.63, 3.8) is 0 Å².